The molecule has 0 aromatic carbocycles. The molecule has 0 amide bonds. The van der Waals surface area contributed by atoms with Gasteiger partial charge in [0.15, 0.2) is 0 Å². The van der Waals surface area contributed by atoms with Gasteiger partial charge >= 0.3 is 0 Å². The predicted octanol–water partition coefficient (Wildman–Crippen LogP) is 2.28. The molecule has 1 saturated heterocycles. The first-order chi connectivity index (χ1) is 9.76. The van der Waals surface area contributed by atoms with Crippen LogP contribution in [0.2, 0.25) is 0 Å². The molecule has 1 heterocycles. The summed E-state index contributed by atoms with van der Waals surface area (Å²) in [4.78, 5) is 2.64. The highest BCUT2D eigenvalue weighted by Crippen LogP contribution is 2.19. The van der Waals surface area contributed by atoms with Gasteiger partial charge in [-0.2, -0.15) is 0 Å². The van der Waals surface area contributed by atoms with Gasteiger partial charge in [0.25, 0.3) is 0 Å². The minimum atomic E-state index is 0.339. The summed E-state index contributed by atoms with van der Waals surface area (Å²) < 4.78 is 10.5. The minimum Gasteiger partial charge on any atom is -0.382 e. The van der Waals surface area contributed by atoms with E-state index in [1.807, 2.05) is 0 Å². The van der Waals surface area contributed by atoms with Crippen LogP contribution >= 0.6 is 0 Å². The molecule has 1 aliphatic rings. The summed E-state index contributed by atoms with van der Waals surface area (Å²) >= 11 is 0. The minimum absolute atomic E-state index is 0.339. The van der Waals surface area contributed by atoms with E-state index in [2.05, 4.69) is 24.1 Å². The average Bonchev–Trinajstić information content (AvgIpc) is 2.69. The summed E-state index contributed by atoms with van der Waals surface area (Å²) in [6, 6.07) is 0. The first kappa shape index (κ1) is 17.9. The monoisotopic (exact) mass is 286 g/mol. The van der Waals surface area contributed by atoms with E-state index >= 15 is 0 Å². The zero-order valence-electron chi connectivity index (χ0n) is 13.7. The Morgan fingerprint density at radius 1 is 1.10 bits per heavy atom. The Labute approximate surface area is 125 Å². The van der Waals surface area contributed by atoms with Gasteiger partial charge in [0.2, 0.25) is 0 Å². The Morgan fingerprint density at radius 2 is 1.90 bits per heavy atom. The molecule has 0 aliphatic carbocycles. The van der Waals surface area contributed by atoms with Crippen molar-refractivity contribution in [3.63, 3.8) is 0 Å². The molecule has 0 bridgehead atoms. The summed E-state index contributed by atoms with van der Waals surface area (Å²) in [6.45, 7) is 11.7. The first-order valence-electron chi connectivity index (χ1n) is 8.30. The summed E-state index contributed by atoms with van der Waals surface area (Å²) in [5, 5.41) is 3.77. The van der Waals surface area contributed by atoms with E-state index in [0.717, 1.165) is 26.2 Å². The van der Waals surface area contributed by atoms with Gasteiger partial charge in [-0.3, -0.25) is 0 Å². The van der Waals surface area contributed by atoms with Crippen LogP contribution in [-0.4, -0.2) is 63.5 Å². The fourth-order valence-corrected chi connectivity index (χ4v) is 2.92. The van der Waals surface area contributed by atoms with Crippen LogP contribution in [0.25, 0.3) is 0 Å². The Balaban J connectivity index is 2.18. The molecule has 0 unspecified atom stereocenters. The Bertz CT molecular complexity index is 233. The van der Waals surface area contributed by atoms with Gasteiger partial charge in [0, 0.05) is 25.8 Å². The summed E-state index contributed by atoms with van der Waals surface area (Å²) in [5.41, 5.74) is 0.339. The van der Waals surface area contributed by atoms with Crippen molar-refractivity contribution >= 4 is 0 Å². The van der Waals surface area contributed by atoms with E-state index in [4.69, 9.17) is 9.47 Å². The lowest BCUT2D eigenvalue weighted by molar-refractivity contribution is 0.0673. The number of methoxy groups -OCH3 is 1. The van der Waals surface area contributed by atoms with Gasteiger partial charge in [-0.05, 0) is 51.7 Å². The van der Waals surface area contributed by atoms with Crippen molar-refractivity contribution in [3.05, 3.63) is 0 Å². The maximum atomic E-state index is 5.52. The van der Waals surface area contributed by atoms with Crippen molar-refractivity contribution in [2.45, 2.75) is 51.5 Å². The van der Waals surface area contributed by atoms with Gasteiger partial charge in [0.05, 0.1) is 13.2 Å². The predicted molar refractivity (Wildman–Crippen MR) is 84.3 cm³/mol. The first-order valence-corrected chi connectivity index (χ1v) is 8.30. The van der Waals surface area contributed by atoms with E-state index in [1.54, 1.807) is 7.11 Å². The Kier molecular flexibility index (Phi) is 9.44. The van der Waals surface area contributed by atoms with Crippen LogP contribution in [0, 0.1) is 0 Å². The third-order valence-corrected chi connectivity index (χ3v) is 4.48. The normalized spacial score (nSPS) is 19.9. The van der Waals surface area contributed by atoms with E-state index in [0.29, 0.717) is 12.1 Å². The number of ether oxygens (including phenoxy) is 2. The molecule has 1 aliphatic heterocycles. The number of unbranched alkanes of at least 4 members (excludes halogenated alkanes) is 1. The van der Waals surface area contributed by atoms with Crippen molar-refractivity contribution in [1.29, 1.82) is 0 Å². The number of hydrogen-bond acceptors (Lipinski definition) is 4. The quantitative estimate of drug-likeness (QED) is 0.625. The van der Waals surface area contributed by atoms with Crippen molar-refractivity contribution < 1.29 is 9.47 Å². The molecule has 0 spiro atoms. The van der Waals surface area contributed by atoms with Crippen LogP contribution in [0.4, 0.5) is 0 Å². The third kappa shape index (κ3) is 6.53. The molecular weight excluding hydrogens is 252 g/mol. The van der Waals surface area contributed by atoms with Crippen LogP contribution in [0.5, 0.6) is 0 Å². The fourth-order valence-electron chi connectivity index (χ4n) is 2.92. The molecule has 1 fully saturated rings. The van der Waals surface area contributed by atoms with Crippen molar-refractivity contribution in [2.24, 2.45) is 0 Å². The highest BCUT2D eigenvalue weighted by molar-refractivity contribution is 4.90. The molecule has 4 heteroatoms. The molecule has 0 saturated carbocycles. The molecule has 20 heavy (non-hydrogen) atoms. The number of nitrogens with zero attached hydrogens (tertiary/aromatic N) is 1. The van der Waals surface area contributed by atoms with Crippen LogP contribution in [0.3, 0.4) is 0 Å². The van der Waals surface area contributed by atoms with E-state index in [9.17, 15) is 0 Å². The number of rotatable bonds is 10. The maximum absolute atomic E-state index is 5.52. The van der Waals surface area contributed by atoms with Gasteiger partial charge in [-0.1, -0.05) is 13.8 Å². The molecular formula is C16H34N2O2. The molecule has 0 aromatic rings. The molecule has 0 aromatic heterocycles. The van der Waals surface area contributed by atoms with E-state index in [1.165, 1.54) is 45.3 Å². The van der Waals surface area contributed by atoms with Crippen LogP contribution in [-0.2, 0) is 9.47 Å². The second-order valence-electron chi connectivity index (χ2n) is 5.86. The van der Waals surface area contributed by atoms with Gasteiger partial charge in [-0.25, -0.2) is 0 Å². The Morgan fingerprint density at radius 3 is 2.60 bits per heavy atom. The van der Waals surface area contributed by atoms with Crippen LogP contribution in [0.15, 0.2) is 0 Å². The topological polar surface area (TPSA) is 33.7 Å². The molecule has 120 valence electrons. The molecule has 1 rings (SSSR count). The second-order valence-corrected chi connectivity index (χ2v) is 5.86. The SMILES string of the molecule is CCC1(CC)CN(CCCCOCCOC)CCCN1. The average molecular weight is 286 g/mol. The van der Waals surface area contributed by atoms with Crippen molar-refractivity contribution in [2.75, 3.05) is 53.1 Å². The van der Waals surface area contributed by atoms with Gasteiger partial charge in [-0.15, -0.1) is 0 Å². The molecule has 0 atom stereocenters. The molecule has 4 nitrogen and oxygen atoms in total. The molecule has 1 N–H and O–H groups in total. The fraction of sp³-hybridized carbons (Fsp3) is 1.00. The lowest BCUT2D eigenvalue weighted by atomic mass is 9.92. The summed E-state index contributed by atoms with van der Waals surface area (Å²) in [5.74, 6) is 0. The van der Waals surface area contributed by atoms with Gasteiger partial charge in [0.1, 0.15) is 0 Å². The second kappa shape index (κ2) is 10.6. The Hall–Kier alpha value is -0.160. The zero-order valence-corrected chi connectivity index (χ0v) is 13.7. The lowest BCUT2D eigenvalue weighted by Crippen LogP contribution is -2.50. The number of nitrogens with one attached hydrogen (secondary N) is 1. The third-order valence-electron chi connectivity index (χ3n) is 4.48. The zero-order chi connectivity index (χ0) is 14.7. The largest absolute Gasteiger partial charge is 0.382 e. The summed E-state index contributed by atoms with van der Waals surface area (Å²) in [6.07, 6.45) is 6.10. The smallest absolute Gasteiger partial charge is 0.0700 e. The lowest BCUT2D eigenvalue weighted by Gasteiger charge is -2.35. The highest BCUT2D eigenvalue weighted by atomic mass is 16.5. The van der Waals surface area contributed by atoms with Crippen LogP contribution in [0.1, 0.15) is 46.0 Å². The van der Waals surface area contributed by atoms with Crippen LogP contribution < -0.4 is 5.32 Å². The molecule has 0 radical (unpaired) electrons. The van der Waals surface area contributed by atoms with E-state index in [-0.39, 0.29) is 0 Å². The highest BCUT2D eigenvalue weighted by Gasteiger charge is 2.29. The summed E-state index contributed by atoms with van der Waals surface area (Å²) in [7, 11) is 1.71. The van der Waals surface area contributed by atoms with E-state index < -0.39 is 0 Å². The van der Waals surface area contributed by atoms with Gasteiger partial charge < -0.3 is 19.7 Å². The van der Waals surface area contributed by atoms with Crippen molar-refractivity contribution in [1.82, 2.24) is 10.2 Å². The standard InChI is InChI=1S/C16H34N2O2/c1-4-16(5-2)15-18(11-8-9-17-16)10-6-7-12-20-14-13-19-3/h17H,4-15H2,1-3H3. The van der Waals surface area contributed by atoms with Crippen molar-refractivity contribution in [3.8, 4) is 0 Å². The maximum Gasteiger partial charge on any atom is 0.0700 e. The number of hydrogen-bond donors (Lipinski definition) is 1.